The molecule has 130 valence electrons. The molecule has 2 rings (SSSR count). The highest BCUT2D eigenvalue weighted by atomic mass is 32.2. The van der Waals surface area contributed by atoms with E-state index in [9.17, 15) is 23.6 Å². The smallest absolute Gasteiger partial charge is 0.270 e. The van der Waals surface area contributed by atoms with E-state index in [4.69, 9.17) is 4.42 Å². The molecule has 8 nitrogen and oxygen atoms in total. The monoisotopic (exact) mass is 354 g/mol. The Labute approximate surface area is 139 Å². The molecule has 0 aliphatic heterocycles. The second-order valence-corrected chi connectivity index (χ2v) is 7.09. The number of benzene rings is 1. The van der Waals surface area contributed by atoms with Gasteiger partial charge in [0.1, 0.15) is 11.5 Å². The van der Waals surface area contributed by atoms with Crippen LogP contribution in [0.3, 0.4) is 0 Å². The summed E-state index contributed by atoms with van der Waals surface area (Å²) in [5.41, 5.74) is 0.310. The summed E-state index contributed by atoms with van der Waals surface area (Å²) in [6, 6.07) is 6.48. The molecule has 1 aromatic heterocycles. The van der Waals surface area contributed by atoms with Crippen molar-refractivity contribution in [2.45, 2.75) is 31.3 Å². The Morgan fingerprint density at radius 1 is 1.33 bits per heavy atom. The molecule has 24 heavy (non-hydrogen) atoms. The largest absolute Gasteiger partial charge is 0.466 e. The predicted octanol–water partition coefficient (Wildman–Crippen LogP) is 2.21. The second-order valence-electron chi connectivity index (χ2n) is 5.33. The first kappa shape index (κ1) is 18.1. The van der Waals surface area contributed by atoms with E-state index >= 15 is 0 Å². The molecule has 0 spiro atoms. The van der Waals surface area contributed by atoms with Crippen molar-refractivity contribution in [3.8, 4) is 0 Å². The van der Waals surface area contributed by atoms with Gasteiger partial charge in [0, 0.05) is 24.2 Å². The molecular formula is C15H18N2O6S. The van der Waals surface area contributed by atoms with Gasteiger partial charge in [0.2, 0.25) is 10.0 Å². The summed E-state index contributed by atoms with van der Waals surface area (Å²) in [5, 5.41) is 20.8. The van der Waals surface area contributed by atoms with E-state index in [1.807, 2.05) is 0 Å². The van der Waals surface area contributed by atoms with Crippen LogP contribution in [0.4, 0.5) is 5.69 Å². The standard InChI is InChI=1S/C15H18N2O6S/c1-10-8-14(11(2)23-10)15(18)6-7-16-24(21,22)13-5-3-4-12(9-13)17(19)20/h3-5,8-9,15-16,18H,6-7H2,1-2H3. The first-order valence-corrected chi connectivity index (χ1v) is 8.68. The van der Waals surface area contributed by atoms with Crippen molar-refractivity contribution in [1.29, 1.82) is 0 Å². The topological polar surface area (TPSA) is 123 Å². The van der Waals surface area contributed by atoms with E-state index in [-0.39, 0.29) is 23.5 Å². The summed E-state index contributed by atoms with van der Waals surface area (Å²) in [6.45, 7) is 3.46. The minimum absolute atomic E-state index is 0.0180. The number of aryl methyl sites for hydroxylation is 2. The zero-order chi connectivity index (χ0) is 17.9. The van der Waals surface area contributed by atoms with E-state index in [2.05, 4.69) is 4.72 Å². The van der Waals surface area contributed by atoms with Crippen molar-refractivity contribution in [3.63, 3.8) is 0 Å². The van der Waals surface area contributed by atoms with Gasteiger partial charge in [-0.3, -0.25) is 10.1 Å². The van der Waals surface area contributed by atoms with Crippen LogP contribution in [-0.4, -0.2) is 25.0 Å². The quantitative estimate of drug-likeness (QED) is 0.580. The van der Waals surface area contributed by atoms with Crippen molar-refractivity contribution in [1.82, 2.24) is 4.72 Å². The van der Waals surface area contributed by atoms with Crippen LogP contribution < -0.4 is 4.72 Å². The lowest BCUT2D eigenvalue weighted by Gasteiger charge is -2.11. The Bertz CT molecular complexity index is 843. The number of furan rings is 1. The Morgan fingerprint density at radius 3 is 2.62 bits per heavy atom. The summed E-state index contributed by atoms with van der Waals surface area (Å²) in [6.07, 6.45) is -0.719. The summed E-state index contributed by atoms with van der Waals surface area (Å²) in [5.74, 6) is 1.25. The summed E-state index contributed by atoms with van der Waals surface area (Å²) < 4.78 is 32.0. The molecule has 2 aromatic rings. The molecule has 0 saturated heterocycles. The number of rotatable bonds is 7. The third kappa shape index (κ3) is 4.19. The van der Waals surface area contributed by atoms with Crippen molar-refractivity contribution in [3.05, 3.63) is 57.5 Å². The predicted molar refractivity (Wildman–Crippen MR) is 86.0 cm³/mol. The maximum absolute atomic E-state index is 12.2. The van der Waals surface area contributed by atoms with Gasteiger partial charge in [-0.15, -0.1) is 0 Å². The van der Waals surface area contributed by atoms with Gasteiger partial charge in [-0.25, -0.2) is 13.1 Å². The molecule has 0 radical (unpaired) electrons. The average Bonchev–Trinajstić information content (AvgIpc) is 2.86. The van der Waals surface area contributed by atoms with Crippen molar-refractivity contribution < 1.29 is 22.9 Å². The number of nitro benzene ring substituents is 1. The number of nitrogens with one attached hydrogen (secondary N) is 1. The summed E-state index contributed by atoms with van der Waals surface area (Å²) >= 11 is 0. The molecule has 0 fully saturated rings. The van der Waals surface area contributed by atoms with Gasteiger partial charge >= 0.3 is 0 Å². The summed E-state index contributed by atoms with van der Waals surface area (Å²) in [4.78, 5) is 9.87. The molecule has 1 atom stereocenters. The average molecular weight is 354 g/mol. The van der Waals surface area contributed by atoms with Crippen LogP contribution in [0.25, 0.3) is 0 Å². The van der Waals surface area contributed by atoms with Gasteiger partial charge in [0.15, 0.2) is 0 Å². The Kier molecular flexibility index (Phi) is 5.37. The highest BCUT2D eigenvalue weighted by molar-refractivity contribution is 7.89. The first-order chi connectivity index (χ1) is 11.2. The number of aliphatic hydroxyl groups excluding tert-OH is 1. The van der Waals surface area contributed by atoms with E-state index in [0.29, 0.717) is 17.1 Å². The van der Waals surface area contributed by atoms with Crippen LogP contribution in [0.2, 0.25) is 0 Å². The van der Waals surface area contributed by atoms with Gasteiger partial charge < -0.3 is 9.52 Å². The van der Waals surface area contributed by atoms with Crippen molar-refractivity contribution in [2.24, 2.45) is 0 Å². The Balaban J connectivity index is 2.01. The van der Waals surface area contributed by atoms with Gasteiger partial charge in [-0.2, -0.15) is 0 Å². The fourth-order valence-electron chi connectivity index (χ4n) is 2.31. The number of hydrogen-bond donors (Lipinski definition) is 2. The number of hydrogen-bond acceptors (Lipinski definition) is 6. The molecule has 1 unspecified atom stereocenters. The van der Waals surface area contributed by atoms with Crippen LogP contribution >= 0.6 is 0 Å². The van der Waals surface area contributed by atoms with E-state index in [1.165, 1.54) is 18.2 Å². The molecule has 0 aliphatic carbocycles. The summed E-state index contributed by atoms with van der Waals surface area (Å²) in [7, 11) is -3.89. The van der Waals surface area contributed by atoms with Crippen LogP contribution in [0.5, 0.6) is 0 Å². The van der Waals surface area contributed by atoms with Crippen LogP contribution in [0.15, 0.2) is 39.6 Å². The molecule has 0 aliphatic rings. The number of non-ortho nitro benzene ring substituents is 1. The van der Waals surface area contributed by atoms with Crippen LogP contribution in [0, 0.1) is 24.0 Å². The molecular weight excluding hydrogens is 336 g/mol. The zero-order valence-corrected chi connectivity index (χ0v) is 14.0. The fraction of sp³-hybridized carbons (Fsp3) is 0.333. The first-order valence-electron chi connectivity index (χ1n) is 7.20. The van der Waals surface area contributed by atoms with E-state index < -0.39 is 21.1 Å². The zero-order valence-electron chi connectivity index (χ0n) is 13.2. The molecule has 0 saturated carbocycles. The minimum atomic E-state index is -3.89. The highest BCUT2D eigenvalue weighted by Gasteiger charge is 2.19. The number of nitro groups is 1. The molecule has 1 heterocycles. The SMILES string of the molecule is Cc1cc(C(O)CCNS(=O)(=O)c2cccc([N+](=O)[O-])c2)c(C)o1. The lowest BCUT2D eigenvalue weighted by molar-refractivity contribution is -0.385. The maximum Gasteiger partial charge on any atom is 0.270 e. The van der Waals surface area contributed by atoms with Crippen molar-refractivity contribution in [2.75, 3.05) is 6.54 Å². The number of nitrogens with zero attached hydrogens (tertiary/aromatic N) is 1. The third-order valence-electron chi connectivity index (χ3n) is 3.49. The lowest BCUT2D eigenvalue weighted by atomic mass is 10.1. The number of aliphatic hydroxyl groups is 1. The lowest BCUT2D eigenvalue weighted by Crippen LogP contribution is -2.26. The van der Waals surface area contributed by atoms with Gasteiger partial charge in [0.05, 0.1) is 15.9 Å². The van der Waals surface area contributed by atoms with E-state index in [1.54, 1.807) is 19.9 Å². The molecule has 1 aromatic carbocycles. The minimum Gasteiger partial charge on any atom is -0.466 e. The normalized spacial score (nSPS) is 13.0. The number of sulfonamides is 1. The second kappa shape index (κ2) is 7.12. The molecule has 9 heteroatoms. The fourth-order valence-corrected chi connectivity index (χ4v) is 3.40. The van der Waals surface area contributed by atoms with Gasteiger partial charge in [0.25, 0.3) is 5.69 Å². The van der Waals surface area contributed by atoms with Gasteiger partial charge in [-0.05, 0) is 32.4 Å². The van der Waals surface area contributed by atoms with Crippen LogP contribution in [0.1, 0.15) is 29.6 Å². The highest BCUT2D eigenvalue weighted by Crippen LogP contribution is 2.24. The third-order valence-corrected chi connectivity index (χ3v) is 4.95. The molecule has 0 bridgehead atoms. The van der Waals surface area contributed by atoms with Gasteiger partial charge in [-0.1, -0.05) is 6.07 Å². The van der Waals surface area contributed by atoms with E-state index in [0.717, 1.165) is 6.07 Å². The maximum atomic E-state index is 12.2. The molecule has 0 amide bonds. The van der Waals surface area contributed by atoms with Crippen LogP contribution in [-0.2, 0) is 10.0 Å². The molecule has 2 N–H and O–H groups in total. The Morgan fingerprint density at radius 2 is 2.04 bits per heavy atom. The Hall–Kier alpha value is -2.23. The van der Waals surface area contributed by atoms with Crippen molar-refractivity contribution >= 4 is 15.7 Å².